The van der Waals surface area contributed by atoms with Crippen molar-refractivity contribution in [1.82, 2.24) is 0 Å². The minimum atomic E-state index is -1.04. The third kappa shape index (κ3) is 4.64. The van der Waals surface area contributed by atoms with Crippen molar-refractivity contribution < 1.29 is 33.6 Å². The first-order valence-electron chi connectivity index (χ1n) is 11.8. The van der Waals surface area contributed by atoms with Crippen LogP contribution in [0.25, 0.3) is 22.3 Å². The zero-order valence-corrected chi connectivity index (χ0v) is 19.8. The highest BCUT2D eigenvalue weighted by Crippen LogP contribution is 2.46. The highest BCUT2D eigenvalue weighted by molar-refractivity contribution is 5.82. The predicted molar refractivity (Wildman–Crippen MR) is 130 cm³/mol. The topological polar surface area (TPSA) is 83.5 Å². The van der Waals surface area contributed by atoms with Gasteiger partial charge in [-0.15, -0.1) is 0 Å². The molecular weight excluding hydrogens is 448 g/mol. The van der Waals surface area contributed by atoms with E-state index in [0.717, 1.165) is 58.6 Å². The molecule has 1 N–H and O–H groups in total. The molecule has 0 saturated carbocycles. The van der Waals surface area contributed by atoms with E-state index < -0.39 is 12.6 Å². The minimum absolute atomic E-state index is 0.0132. The Morgan fingerprint density at radius 1 is 1.03 bits per heavy atom. The summed E-state index contributed by atoms with van der Waals surface area (Å²) in [6.45, 7) is 2.58. The van der Waals surface area contributed by atoms with Gasteiger partial charge in [-0.3, -0.25) is 0 Å². The van der Waals surface area contributed by atoms with Crippen LogP contribution in [0.15, 0.2) is 48.5 Å². The molecule has 1 unspecified atom stereocenters. The Balaban J connectivity index is 1.65. The van der Waals surface area contributed by atoms with E-state index in [1.165, 1.54) is 5.56 Å². The fourth-order valence-electron chi connectivity index (χ4n) is 4.73. The molecule has 35 heavy (non-hydrogen) atoms. The lowest BCUT2D eigenvalue weighted by atomic mass is 9.91. The largest absolute Gasteiger partial charge is 0.497 e. The number of hydrogen-bond acceptors (Lipinski definition) is 6. The molecule has 0 bridgehead atoms. The van der Waals surface area contributed by atoms with E-state index in [4.69, 9.17) is 23.7 Å². The van der Waals surface area contributed by atoms with Gasteiger partial charge in [-0.05, 0) is 83.5 Å². The van der Waals surface area contributed by atoms with Crippen LogP contribution in [0, 0.1) is 0 Å². The summed E-state index contributed by atoms with van der Waals surface area (Å²) in [6.07, 6.45) is 2.80. The number of methoxy groups -OCH3 is 1. The van der Waals surface area contributed by atoms with Gasteiger partial charge < -0.3 is 28.8 Å². The van der Waals surface area contributed by atoms with Crippen LogP contribution in [0.2, 0.25) is 0 Å². The van der Waals surface area contributed by atoms with E-state index in [9.17, 15) is 9.90 Å². The smallest absolute Gasteiger partial charge is 0.341 e. The van der Waals surface area contributed by atoms with Crippen LogP contribution in [0.4, 0.5) is 0 Å². The number of carboxylic acid groups (broad SMARTS) is 1. The van der Waals surface area contributed by atoms with Gasteiger partial charge in [0.2, 0.25) is 6.79 Å². The Hall–Kier alpha value is -3.71. The number of aliphatic carboxylic acids is 1. The standard InChI is InChI=1S/C28H28O7/c1-3-10-32-24-9-7-21-22(17-4-8-25-27(13-17)35-16-34-25)11-18(12-23(21)24)20-6-5-19(31-2)14-26(20)33-15-28(29)30/h4-6,8,11-14,24H,3,7,9-10,15-16H2,1-2H3,(H,29,30). The summed E-state index contributed by atoms with van der Waals surface area (Å²) in [7, 11) is 1.57. The van der Waals surface area contributed by atoms with Gasteiger partial charge in [-0.1, -0.05) is 13.0 Å². The van der Waals surface area contributed by atoms with Gasteiger partial charge in [0.05, 0.1) is 13.2 Å². The summed E-state index contributed by atoms with van der Waals surface area (Å²) in [6, 6.07) is 15.7. The third-order valence-corrected chi connectivity index (χ3v) is 6.35. The van der Waals surface area contributed by atoms with E-state index in [1.54, 1.807) is 13.2 Å². The normalized spacial score (nSPS) is 15.7. The zero-order chi connectivity index (χ0) is 24.4. The van der Waals surface area contributed by atoms with Gasteiger partial charge in [0.15, 0.2) is 18.1 Å². The molecule has 2 aliphatic rings. The maximum atomic E-state index is 11.2. The number of carboxylic acids is 1. The summed E-state index contributed by atoms with van der Waals surface area (Å²) in [4.78, 5) is 11.2. The molecule has 1 heterocycles. The third-order valence-electron chi connectivity index (χ3n) is 6.35. The molecule has 0 radical (unpaired) electrons. The predicted octanol–water partition coefficient (Wildman–Crippen LogP) is 5.64. The molecule has 0 aromatic heterocycles. The van der Waals surface area contributed by atoms with Crippen LogP contribution in [-0.4, -0.2) is 38.2 Å². The first kappa shape index (κ1) is 23.1. The van der Waals surface area contributed by atoms with Crippen molar-refractivity contribution in [2.45, 2.75) is 32.3 Å². The monoisotopic (exact) mass is 476 g/mol. The van der Waals surface area contributed by atoms with E-state index in [1.807, 2.05) is 30.3 Å². The Kier molecular flexibility index (Phi) is 6.51. The lowest BCUT2D eigenvalue weighted by Gasteiger charge is -2.18. The van der Waals surface area contributed by atoms with Crippen LogP contribution in [0.3, 0.4) is 0 Å². The van der Waals surface area contributed by atoms with E-state index in [2.05, 4.69) is 19.1 Å². The Bertz CT molecular complexity index is 1250. The van der Waals surface area contributed by atoms with Crippen molar-refractivity contribution in [3.63, 3.8) is 0 Å². The molecule has 1 aliphatic heterocycles. The van der Waals surface area contributed by atoms with Crippen molar-refractivity contribution in [2.24, 2.45) is 0 Å². The number of hydrogen-bond donors (Lipinski definition) is 1. The van der Waals surface area contributed by atoms with Crippen LogP contribution in [-0.2, 0) is 16.0 Å². The second-order valence-corrected chi connectivity index (χ2v) is 8.60. The fourth-order valence-corrected chi connectivity index (χ4v) is 4.73. The summed E-state index contributed by atoms with van der Waals surface area (Å²) in [5.74, 6) is 1.48. The van der Waals surface area contributed by atoms with E-state index in [-0.39, 0.29) is 12.9 Å². The summed E-state index contributed by atoms with van der Waals surface area (Å²) < 4.78 is 28.4. The number of rotatable bonds is 9. The maximum absolute atomic E-state index is 11.2. The van der Waals surface area contributed by atoms with Crippen LogP contribution in [0.5, 0.6) is 23.0 Å². The first-order valence-corrected chi connectivity index (χ1v) is 11.8. The van der Waals surface area contributed by atoms with E-state index in [0.29, 0.717) is 18.1 Å². The van der Waals surface area contributed by atoms with E-state index >= 15 is 0 Å². The quantitative estimate of drug-likeness (QED) is 0.428. The molecule has 3 aromatic rings. The van der Waals surface area contributed by atoms with Gasteiger partial charge in [-0.25, -0.2) is 4.79 Å². The molecule has 0 saturated heterocycles. The average molecular weight is 477 g/mol. The summed E-state index contributed by atoms with van der Waals surface area (Å²) in [5, 5.41) is 9.18. The van der Waals surface area contributed by atoms with Crippen molar-refractivity contribution in [2.75, 3.05) is 27.1 Å². The number of ether oxygens (including phenoxy) is 5. The molecule has 0 fully saturated rings. The lowest BCUT2D eigenvalue weighted by molar-refractivity contribution is -0.139. The summed E-state index contributed by atoms with van der Waals surface area (Å²) >= 11 is 0. The molecular formula is C28H28O7. The Morgan fingerprint density at radius 2 is 1.89 bits per heavy atom. The van der Waals surface area contributed by atoms with Crippen LogP contribution in [0.1, 0.15) is 37.0 Å². The minimum Gasteiger partial charge on any atom is -0.497 e. The number of benzene rings is 3. The average Bonchev–Trinajstić information content (AvgIpc) is 3.51. The van der Waals surface area contributed by atoms with Gasteiger partial charge in [-0.2, -0.15) is 0 Å². The van der Waals surface area contributed by atoms with Crippen molar-refractivity contribution in [1.29, 1.82) is 0 Å². The van der Waals surface area contributed by atoms with Crippen LogP contribution >= 0.6 is 0 Å². The molecule has 182 valence electrons. The highest BCUT2D eigenvalue weighted by atomic mass is 16.7. The molecule has 1 atom stereocenters. The SMILES string of the molecule is CCCOC1CCc2c(-c3ccc4c(c3)OCO4)cc(-c3ccc(OC)cc3OCC(=O)O)cc21. The first-order chi connectivity index (χ1) is 17.1. The molecule has 0 spiro atoms. The Labute approximate surface area is 204 Å². The number of fused-ring (bicyclic) bond motifs is 2. The highest BCUT2D eigenvalue weighted by Gasteiger charge is 2.28. The van der Waals surface area contributed by atoms with Crippen molar-refractivity contribution in [3.8, 4) is 45.3 Å². The van der Waals surface area contributed by atoms with Gasteiger partial charge in [0.25, 0.3) is 0 Å². The van der Waals surface area contributed by atoms with Crippen molar-refractivity contribution in [3.05, 3.63) is 59.7 Å². The fraction of sp³-hybridized carbons (Fsp3) is 0.321. The second kappa shape index (κ2) is 9.88. The molecule has 5 rings (SSSR count). The second-order valence-electron chi connectivity index (χ2n) is 8.60. The van der Waals surface area contributed by atoms with Gasteiger partial charge in [0.1, 0.15) is 11.5 Å². The number of carbonyl (C=O) groups is 1. The molecule has 1 aliphatic carbocycles. The molecule has 7 heteroatoms. The molecule has 7 nitrogen and oxygen atoms in total. The van der Waals surface area contributed by atoms with Gasteiger partial charge >= 0.3 is 5.97 Å². The van der Waals surface area contributed by atoms with Crippen LogP contribution < -0.4 is 18.9 Å². The lowest BCUT2D eigenvalue weighted by Crippen LogP contribution is -2.10. The van der Waals surface area contributed by atoms with Gasteiger partial charge in [0, 0.05) is 18.2 Å². The zero-order valence-electron chi connectivity index (χ0n) is 19.8. The summed E-state index contributed by atoms with van der Waals surface area (Å²) in [5.41, 5.74) is 6.26. The molecule has 0 amide bonds. The molecule has 3 aromatic carbocycles. The van der Waals surface area contributed by atoms with Crippen molar-refractivity contribution >= 4 is 5.97 Å². The Morgan fingerprint density at radius 3 is 2.69 bits per heavy atom. The maximum Gasteiger partial charge on any atom is 0.341 e.